The van der Waals surface area contributed by atoms with E-state index < -0.39 is 37.8 Å². The number of carbonyl (C=O) groups is 2. The van der Waals surface area contributed by atoms with Gasteiger partial charge in [0.05, 0.1) is 43.4 Å². The summed E-state index contributed by atoms with van der Waals surface area (Å²) < 4.78 is 24.1. The molecule has 0 radical (unpaired) electrons. The van der Waals surface area contributed by atoms with Crippen molar-refractivity contribution in [1.29, 1.82) is 0 Å². The highest BCUT2D eigenvalue weighted by atomic mass is 28.4. The van der Waals surface area contributed by atoms with Gasteiger partial charge in [-0.25, -0.2) is 0 Å². The summed E-state index contributed by atoms with van der Waals surface area (Å²) in [6.07, 6.45) is -0.780. The normalized spacial score (nSPS) is 17.6. The predicted molar refractivity (Wildman–Crippen MR) is 155 cm³/mol. The van der Waals surface area contributed by atoms with Crippen LogP contribution in [0.2, 0.25) is 18.1 Å². The Morgan fingerprint density at radius 3 is 2.23 bits per heavy atom. The topological polar surface area (TPSA) is 112 Å². The smallest absolute Gasteiger partial charge is 0.194 e. The van der Waals surface area contributed by atoms with E-state index >= 15 is 0 Å². The van der Waals surface area contributed by atoms with Gasteiger partial charge in [0.25, 0.3) is 0 Å². The number of Topliss-reactive ketones (excluding diaryl/α,β-unsaturated/α-hetero) is 1. The first-order valence-corrected chi connectivity index (χ1v) is 16.2. The molecule has 0 bridgehead atoms. The fraction of sp³-hybridized carbons (Fsp3) is 0.419. The number of fused-ring (bicyclic) bond motifs is 2. The quantitative estimate of drug-likeness (QED) is 0.231. The van der Waals surface area contributed by atoms with Gasteiger partial charge >= 0.3 is 0 Å². The Morgan fingerprint density at radius 2 is 1.68 bits per heavy atom. The highest BCUT2D eigenvalue weighted by Gasteiger charge is 2.46. The van der Waals surface area contributed by atoms with Crippen LogP contribution in [0.1, 0.15) is 70.7 Å². The van der Waals surface area contributed by atoms with Crippen LogP contribution in [0.3, 0.4) is 0 Å². The molecule has 0 aliphatic heterocycles. The molecule has 0 heterocycles. The Hall–Kier alpha value is -3.40. The number of benzene rings is 3. The number of carbonyl (C=O) groups excluding carboxylic acids is 2. The molecule has 3 aromatic rings. The third-order valence-corrected chi connectivity index (χ3v) is 12.7. The van der Waals surface area contributed by atoms with Gasteiger partial charge < -0.3 is 28.8 Å². The molecule has 0 unspecified atom stereocenters. The van der Waals surface area contributed by atoms with Crippen molar-refractivity contribution in [2.45, 2.75) is 71.1 Å². The van der Waals surface area contributed by atoms with Gasteiger partial charge in [-0.05, 0) is 54.4 Å². The van der Waals surface area contributed by atoms with Crippen LogP contribution in [0, 0.1) is 6.92 Å². The van der Waals surface area contributed by atoms with E-state index in [9.17, 15) is 19.8 Å². The Balaban J connectivity index is 1.91. The number of aldehydes is 1. The fourth-order valence-corrected chi connectivity index (χ4v) is 6.22. The molecule has 3 aromatic carbocycles. The molecular formula is C31H38O8Si. The van der Waals surface area contributed by atoms with Crippen molar-refractivity contribution in [3.63, 3.8) is 0 Å². The van der Waals surface area contributed by atoms with E-state index in [4.69, 9.17) is 18.6 Å². The third-order valence-electron chi connectivity index (χ3n) is 8.24. The van der Waals surface area contributed by atoms with Crippen LogP contribution in [-0.4, -0.2) is 50.9 Å². The van der Waals surface area contributed by atoms with E-state index in [1.54, 1.807) is 20.1 Å². The summed E-state index contributed by atoms with van der Waals surface area (Å²) in [4.78, 5) is 25.8. The van der Waals surface area contributed by atoms with Crippen molar-refractivity contribution >= 4 is 31.2 Å². The van der Waals surface area contributed by atoms with E-state index in [1.807, 2.05) is 24.3 Å². The number of hydrogen-bond donors (Lipinski definition) is 2. The zero-order valence-corrected chi connectivity index (χ0v) is 25.4. The highest BCUT2D eigenvalue weighted by molar-refractivity contribution is 6.74. The maximum absolute atomic E-state index is 14.0. The van der Waals surface area contributed by atoms with Gasteiger partial charge in [0, 0.05) is 17.4 Å². The molecule has 2 N–H and O–H groups in total. The summed E-state index contributed by atoms with van der Waals surface area (Å²) in [5, 5.41) is 22.8. The standard InChI is InChI=1S/C31H38O8Si/c1-17-13-20-24(27(33)21(17)15-32)29(35)26-25(30(20)37-6)22(38-16-18-9-11-19(36-5)12-10-18)14-23(28(26)34)39-40(7,8)31(2,3)4/h9-13,15,22-23,33,35H,14,16H2,1-8H3/t22-,23-/m0/s1. The molecule has 0 aromatic heterocycles. The van der Waals surface area contributed by atoms with E-state index in [0.717, 1.165) is 11.3 Å². The molecule has 1 aliphatic carbocycles. The molecule has 1 aliphatic rings. The molecule has 0 saturated carbocycles. The molecule has 8 nitrogen and oxygen atoms in total. The van der Waals surface area contributed by atoms with E-state index in [1.165, 1.54) is 7.11 Å². The summed E-state index contributed by atoms with van der Waals surface area (Å²) in [5.41, 5.74) is 1.83. The lowest BCUT2D eigenvalue weighted by Gasteiger charge is -2.41. The van der Waals surface area contributed by atoms with E-state index in [-0.39, 0.29) is 34.6 Å². The highest BCUT2D eigenvalue weighted by Crippen LogP contribution is 2.52. The van der Waals surface area contributed by atoms with Crippen molar-refractivity contribution < 1.29 is 38.4 Å². The number of methoxy groups -OCH3 is 2. The van der Waals surface area contributed by atoms with Crippen LogP contribution in [0.4, 0.5) is 0 Å². The predicted octanol–water partition coefficient (Wildman–Crippen LogP) is 6.62. The molecule has 2 atom stereocenters. The summed E-state index contributed by atoms with van der Waals surface area (Å²) in [6, 6.07) is 9.15. The lowest BCUT2D eigenvalue weighted by Crippen LogP contribution is -2.47. The first kappa shape index (κ1) is 29.6. The molecule has 214 valence electrons. The SMILES string of the molecule is COc1ccc(CO[C@H]2C[C@H](O[Si](C)(C)C(C)(C)C)C(=O)c3c2c(OC)c2cc(C)c(C=O)c(O)c2c3O)cc1. The van der Waals surface area contributed by atoms with Crippen LogP contribution in [0.25, 0.3) is 10.8 Å². The zero-order valence-electron chi connectivity index (χ0n) is 24.4. The summed E-state index contributed by atoms with van der Waals surface area (Å²) >= 11 is 0. The first-order chi connectivity index (χ1) is 18.7. The van der Waals surface area contributed by atoms with Gasteiger partial charge in [0.1, 0.15) is 29.1 Å². The minimum Gasteiger partial charge on any atom is -0.506 e. The molecule has 0 fully saturated rings. The average molecular weight is 567 g/mol. The van der Waals surface area contributed by atoms with Gasteiger partial charge in [-0.1, -0.05) is 32.9 Å². The zero-order chi connectivity index (χ0) is 29.6. The van der Waals surface area contributed by atoms with Crippen molar-refractivity contribution in [3.8, 4) is 23.0 Å². The number of phenols is 2. The summed E-state index contributed by atoms with van der Waals surface area (Å²) in [6.45, 7) is 12.3. The van der Waals surface area contributed by atoms with Crippen molar-refractivity contribution in [1.82, 2.24) is 0 Å². The first-order valence-electron chi connectivity index (χ1n) is 13.3. The Labute approximate surface area is 236 Å². The molecule has 0 spiro atoms. The van der Waals surface area contributed by atoms with Crippen LogP contribution in [-0.2, 0) is 15.8 Å². The number of ether oxygens (including phenoxy) is 3. The molecule has 0 amide bonds. The minimum atomic E-state index is -2.41. The second-order valence-corrected chi connectivity index (χ2v) is 16.5. The number of aryl methyl sites for hydroxylation is 1. The van der Waals surface area contributed by atoms with Crippen LogP contribution in [0.5, 0.6) is 23.0 Å². The second kappa shape index (κ2) is 10.9. The Bertz CT molecular complexity index is 1450. The van der Waals surface area contributed by atoms with Crippen molar-refractivity contribution in [3.05, 3.63) is 58.1 Å². The van der Waals surface area contributed by atoms with Crippen molar-refractivity contribution in [2.24, 2.45) is 0 Å². The van der Waals surface area contributed by atoms with Gasteiger partial charge in [0.15, 0.2) is 20.4 Å². The monoisotopic (exact) mass is 566 g/mol. The number of phenolic OH excluding ortho intramolecular Hbond substituents is 2. The molecule has 40 heavy (non-hydrogen) atoms. The molecule has 9 heteroatoms. The minimum absolute atomic E-state index is 0.0152. The second-order valence-electron chi connectivity index (χ2n) is 11.8. The number of hydrogen-bond acceptors (Lipinski definition) is 8. The molecular weight excluding hydrogens is 528 g/mol. The number of ketones is 1. The summed E-state index contributed by atoms with van der Waals surface area (Å²) in [7, 11) is 0.662. The van der Waals surface area contributed by atoms with Crippen LogP contribution in [0.15, 0.2) is 30.3 Å². The average Bonchev–Trinajstić information content (AvgIpc) is 2.89. The summed E-state index contributed by atoms with van der Waals surface area (Å²) in [5.74, 6) is -0.201. The van der Waals surface area contributed by atoms with Crippen molar-refractivity contribution in [2.75, 3.05) is 14.2 Å². The van der Waals surface area contributed by atoms with Gasteiger partial charge in [0.2, 0.25) is 0 Å². The van der Waals surface area contributed by atoms with Crippen LogP contribution < -0.4 is 9.47 Å². The number of aromatic hydroxyl groups is 2. The number of rotatable bonds is 8. The van der Waals surface area contributed by atoms with E-state index in [2.05, 4.69) is 33.9 Å². The fourth-order valence-electron chi connectivity index (χ4n) is 4.96. The van der Waals surface area contributed by atoms with Gasteiger partial charge in [-0.15, -0.1) is 0 Å². The largest absolute Gasteiger partial charge is 0.506 e. The lowest BCUT2D eigenvalue weighted by molar-refractivity contribution is -0.000518. The van der Waals surface area contributed by atoms with Gasteiger partial charge in [-0.2, -0.15) is 0 Å². The third kappa shape index (κ3) is 5.09. The van der Waals surface area contributed by atoms with Crippen LogP contribution >= 0.6 is 0 Å². The maximum Gasteiger partial charge on any atom is 0.194 e. The van der Waals surface area contributed by atoms with E-state index in [0.29, 0.717) is 28.5 Å². The Kier molecular flexibility index (Phi) is 8.04. The maximum atomic E-state index is 14.0. The Morgan fingerprint density at radius 1 is 1.02 bits per heavy atom. The molecule has 4 rings (SSSR count). The molecule has 0 saturated heterocycles. The lowest BCUT2D eigenvalue weighted by atomic mass is 9.82. The van der Waals surface area contributed by atoms with Gasteiger partial charge in [-0.3, -0.25) is 9.59 Å².